The number of benzene rings is 2. The topological polar surface area (TPSA) is 35.2 Å². The molecule has 0 aliphatic heterocycles. The largest absolute Gasteiger partial charge is 0.372 e. The van der Waals surface area contributed by atoms with Gasteiger partial charge >= 0.3 is 0 Å². The van der Waals surface area contributed by atoms with Crippen LogP contribution in [-0.2, 0) is 10.3 Å². The third-order valence-corrected chi connectivity index (χ3v) is 3.20. The van der Waals surface area contributed by atoms with E-state index in [0.717, 1.165) is 5.56 Å². The van der Waals surface area contributed by atoms with E-state index in [1.807, 2.05) is 25.1 Å². The highest BCUT2D eigenvalue weighted by Gasteiger charge is 2.25. The molecule has 1 unspecified atom stereocenters. The summed E-state index contributed by atoms with van der Waals surface area (Å²) in [6.45, 7) is 2.49. The van der Waals surface area contributed by atoms with Crippen LogP contribution in [0.3, 0.4) is 0 Å². The van der Waals surface area contributed by atoms with Gasteiger partial charge in [-0.25, -0.2) is 0 Å². The van der Waals surface area contributed by atoms with Gasteiger partial charge in [-0.1, -0.05) is 42.5 Å². The molecule has 0 radical (unpaired) electrons. The van der Waals surface area contributed by atoms with Crippen LogP contribution in [0.15, 0.2) is 42.5 Å². The van der Waals surface area contributed by atoms with Gasteiger partial charge < -0.3 is 10.5 Å². The van der Waals surface area contributed by atoms with E-state index < -0.39 is 5.60 Å². The van der Waals surface area contributed by atoms with Crippen molar-refractivity contribution >= 4 is 10.8 Å². The maximum absolute atomic E-state index is 5.82. The fourth-order valence-electron chi connectivity index (χ4n) is 1.99. The molecule has 1 atom stereocenters. The average Bonchev–Trinajstić information content (AvgIpc) is 2.37. The molecule has 2 aromatic rings. The van der Waals surface area contributed by atoms with Crippen LogP contribution in [0.2, 0.25) is 0 Å². The van der Waals surface area contributed by atoms with Gasteiger partial charge in [0.1, 0.15) is 5.60 Å². The minimum absolute atomic E-state index is 0.416. The van der Waals surface area contributed by atoms with Gasteiger partial charge in [0.15, 0.2) is 0 Å². The van der Waals surface area contributed by atoms with E-state index in [1.165, 1.54) is 10.8 Å². The summed E-state index contributed by atoms with van der Waals surface area (Å²) in [4.78, 5) is 0. The van der Waals surface area contributed by atoms with E-state index in [2.05, 4.69) is 24.3 Å². The second-order valence-electron chi connectivity index (χ2n) is 4.17. The summed E-state index contributed by atoms with van der Waals surface area (Å²) in [5.74, 6) is 0. The predicted octanol–water partition coefficient (Wildman–Crippen LogP) is 2.66. The first-order valence-electron chi connectivity index (χ1n) is 5.45. The third kappa shape index (κ3) is 1.70. The molecule has 0 saturated heterocycles. The molecule has 0 bridgehead atoms. The van der Waals surface area contributed by atoms with Crippen LogP contribution in [0.1, 0.15) is 12.5 Å². The van der Waals surface area contributed by atoms with E-state index in [4.69, 9.17) is 10.5 Å². The standard InChI is InChI=1S/C14H17NO/c1-14(10-15,16-2)13-9-5-7-11-6-3-4-8-12(11)13/h3-9H,10,15H2,1-2H3. The fraction of sp³-hybridized carbons (Fsp3) is 0.286. The Morgan fingerprint density at radius 1 is 1.12 bits per heavy atom. The molecule has 0 amide bonds. The molecule has 2 rings (SSSR count). The number of methoxy groups -OCH3 is 1. The van der Waals surface area contributed by atoms with E-state index in [1.54, 1.807) is 7.11 Å². The summed E-state index contributed by atoms with van der Waals surface area (Å²) in [7, 11) is 1.70. The van der Waals surface area contributed by atoms with Crippen molar-refractivity contribution in [3.05, 3.63) is 48.0 Å². The maximum atomic E-state index is 5.82. The highest BCUT2D eigenvalue weighted by atomic mass is 16.5. The molecule has 0 fully saturated rings. The van der Waals surface area contributed by atoms with Gasteiger partial charge in [-0.05, 0) is 23.3 Å². The molecule has 2 aromatic carbocycles. The molecule has 0 aliphatic rings. The number of nitrogens with two attached hydrogens (primary N) is 1. The second-order valence-corrected chi connectivity index (χ2v) is 4.17. The highest BCUT2D eigenvalue weighted by Crippen LogP contribution is 2.30. The zero-order valence-electron chi connectivity index (χ0n) is 9.73. The molecule has 16 heavy (non-hydrogen) atoms. The Labute approximate surface area is 96.0 Å². The first kappa shape index (κ1) is 11.1. The Morgan fingerprint density at radius 3 is 2.50 bits per heavy atom. The number of ether oxygens (including phenoxy) is 1. The van der Waals surface area contributed by atoms with Crippen LogP contribution in [0.5, 0.6) is 0 Å². The van der Waals surface area contributed by atoms with Gasteiger partial charge in [-0.3, -0.25) is 0 Å². The van der Waals surface area contributed by atoms with Crippen LogP contribution in [0.25, 0.3) is 10.8 Å². The van der Waals surface area contributed by atoms with Crippen molar-refractivity contribution in [2.45, 2.75) is 12.5 Å². The molecular weight excluding hydrogens is 198 g/mol. The van der Waals surface area contributed by atoms with Gasteiger partial charge in [0.2, 0.25) is 0 Å². The summed E-state index contributed by atoms with van der Waals surface area (Å²) in [5, 5.41) is 2.43. The number of fused-ring (bicyclic) bond motifs is 1. The van der Waals surface area contributed by atoms with Crippen molar-refractivity contribution < 1.29 is 4.74 Å². The van der Waals surface area contributed by atoms with Crippen LogP contribution >= 0.6 is 0 Å². The summed E-state index contributed by atoms with van der Waals surface area (Å²) < 4.78 is 5.56. The SMILES string of the molecule is COC(C)(CN)c1cccc2ccccc12. The molecule has 0 heterocycles. The monoisotopic (exact) mass is 215 g/mol. The smallest absolute Gasteiger partial charge is 0.103 e. The van der Waals surface area contributed by atoms with E-state index in [9.17, 15) is 0 Å². The number of hydrogen-bond acceptors (Lipinski definition) is 2. The lowest BCUT2D eigenvalue weighted by Crippen LogP contribution is -2.33. The van der Waals surface area contributed by atoms with Crippen molar-refractivity contribution in [3.8, 4) is 0 Å². The molecule has 84 valence electrons. The van der Waals surface area contributed by atoms with Gasteiger partial charge in [0, 0.05) is 13.7 Å². The molecule has 0 saturated carbocycles. The molecule has 0 spiro atoms. The van der Waals surface area contributed by atoms with Gasteiger partial charge in [-0.2, -0.15) is 0 Å². The van der Waals surface area contributed by atoms with Crippen molar-refractivity contribution in [1.82, 2.24) is 0 Å². The molecule has 2 nitrogen and oxygen atoms in total. The first-order valence-corrected chi connectivity index (χ1v) is 5.45. The van der Waals surface area contributed by atoms with E-state index >= 15 is 0 Å². The van der Waals surface area contributed by atoms with Crippen LogP contribution in [0, 0.1) is 0 Å². The van der Waals surface area contributed by atoms with Crippen molar-refractivity contribution in [2.24, 2.45) is 5.73 Å². The molecule has 0 aromatic heterocycles. The second kappa shape index (κ2) is 4.24. The summed E-state index contributed by atoms with van der Waals surface area (Å²) >= 11 is 0. The Morgan fingerprint density at radius 2 is 1.81 bits per heavy atom. The minimum atomic E-state index is -0.416. The average molecular weight is 215 g/mol. The zero-order valence-corrected chi connectivity index (χ0v) is 9.73. The minimum Gasteiger partial charge on any atom is -0.372 e. The Hall–Kier alpha value is -1.38. The lowest BCUT2D eigenvalue weighted by atomic mass is 9.91. The summed E-state index contributed by atoms with van der Waals surface area (Å²) in [6.07, 6.45) is 0. The lowest BCUT2D eigenvalue weighted by molar-refractivity contribution is 0.0113. The Balaban J connectivity index is 2.69. The normalized spacial score (nSPS) is 14.9. The predicted molar refractivity (Wildman–Crippen MR) is 67.4 cm³/mol. The third-order valence-electron chi connectivity index (χ3n) is 3.20. The van der Waals surface area contributed by atoms with Gasteiger partial charge in [-0.15, -0.1) is 0 Å². The molecule has 2 heteroatoms. The fourth-order valence-corrected chi connectivity index (χ4v) is 1.99. The van der Waals surface area contributed by atoms with Crippen LogP contribution in [-0.4, -0.2) is 13.7 Å². The Bertz CT molecular complexity index is 484. The van der Waals surface area contributed by atoms with Crippen LogP contribution < -0.4 is 5.73 Å². The molecular formula is C14H17NO. The van der Waals surface area contributed by atoms with Gasteiger partial charge in [0.05, 0.1) is 0 Å². The summed E-state index contributed by atoms with van der Waals surface area (Å²) in [5.41, 5.74) is 6.55. The maximum Gasteiger partial charge on any atom is 0.103 e. The van der Waals surface area contributed by atoms with Crippen molar-refractivity contribution in [1.29, 1.82) is 0 Å². The highest BCUT2D eigenvalue weighted by molar-refractivity contribution is 5.86. The quantitative estimate of drug-likeness (QED) is 0.854. The summed E-state index contributed by atoms with van der Waals surface area (Å²) in [6, 6.07) is 14.5. The first-order chi connectivity index (χ1) is 7.71. The molecule has 0 aliphatic carbocycles. The van der Waals surface area contributed by atoms with Crippen molar-refractivity contribution in [3.63, 3.8) is 0 Å². The Kier molecular flexibility index (Phi) is 2.95. The van der Waals surface area contributed by atoms with E-state index in [-0.39, 0.29) is 0 Å². The number of rotatable bonds is 3. The molecule has 2 N–H and O–H groups in total. The lowest BCUT2D eigenvalue weighted by Gasteiger charge is -2.28. The van der Waals surface area contributed by atoms with E-state index in [0.29, 0.717) is 6.54 Å². The number of hydrogen-bond donors (Lipinski definition) is 1. The van der Waals surface area contributed by atoms with Crippen LogP contribution in [0.4, 0.5) is 0 Å². The van der Waals surface area contributed by atoms with Gasteiger partial charge in [0.25, 0.3) is 0 Å². The zero-order chi connectivity index (χ0) is 11.6. The van der Waals surface area contributed by atoms with Crippen molar-refractivity contribution in [2.75, 3.05) is 13.7 Å².